The molecule has 0 radical (unpaired) electrons. The maximum atomic E-state index is 5.90. The van der Waals surface area contributed by atoms with E-state index in [1.54, 1.807) is 6.20 Å². The van der Waals surface area contributed by atoms with Gasteiger partial charge < -0.3 is 5.73 Å². The Kier molecular flexibility index (Phi) is 4.10. The molecule has 0 unspecified atom stereocenters. The number of nitrogen functional groups attached to an aromatic ring is 1. The van der Waals surface area contributed by atoms with E-state index in [1.165, 1.54) is 5.57 Å². The van der Waals surface area contributed by atoms with Gasteiger partial charge in [-0.1, -0.05) is 32.1 Å². The first-order valence-electron chi connectivity index (χ1n) is 5.20. The summed E-state index contributed by atoms with van der Waals surface area (Å²) in [6.45, 7) is 6.28. The molecule has 0 saturated heterocycles. The van der Waals surface area contributed by atoms with Crippen LogP contribution in [0.15, 0.2) is 36.6 Å². The molecular formula is C13H18N2. The van der Waals surface area contributed by atoms with E-state index in [2.05, 4.69) is 24.9 Å². The lowest BCUT2D eigenvalue weighted by Gasteiger charge is -2.12. The zero-order valence-corrected chi connectivity index (χ0v) is 9.57. The fraction of sp³-hybridized carbons (Fsp3) is 0.308. The van der Waals surface area contributed by atoms with Gasteiger partial charge in [-0.2, -0.15) is 0 Å². The molecule has 0 aromatic carbocycles. The first kappa shape index (κ1) is 11.5. The van der Waals surface area contributed by atoms with Crippen molar-refractivity contribution in [3.05, 3.63) is 42.3 Å². The second kappa shape index (κ2) is 5.35. The molecule has 0 atom stereocenters. The van der Waals surface area contributed by atoms with Gasteiger partial charge in [-0.15, -0.1) is 0 Å². The Hall–Kier alpha value is -1.57. The highest BCUT2D eigenvalue weighted by molar-refractivity contribution is 5.73. The number of nitrogens with zero attached hydrogens (tertiary/aromatic N) is 1. The minimum atomic E-state index is 0.415. The highest BCUT2D eigenvalue weighted by atomic mass is 14.7. The molecule has 1 aromatic rings. The van der Waals surface area contributed by atoms with E-state index in [0.29, 0.717) is 5.92 Å². The molecule has 0 aliphatic heterocycles. The van der Waals surface area contributed by atoms with Crippen molar-refractivity contribution in [1.82, 2.24) is 4.98 Å². The Balaban J connectivity index is 3.16. The average Bonchev–Trinajstić information content (AvgIpc) is 2.20. The summed E-state index contributed by atoms with van der Waals surface area (Å²) in [7, 11) is 0. The molecule has 15 heavy (non-hydrogen) atoms. The van der Waals surface area contributed by atoms with Crippen LogP contribution < -0.4 is 5.73 Å². The fourth-order valence-corrected chi connectivity index (χ4v) is 1.40. The Morgan fingerprint density at radius 3 is 2.73 bits per heavy atom. The third kappa shape index (κ3) is 2.94. The molecule has 2 heteroatoms. The second-order valence-electron chi connectivity index (χ2n) is 3.74. The van der Waals surface area contributed by atoms with Gasteiger partial charge in [-0.05, 0) is 30.5 Å². The van der Waals surface area contributed by atoms with E-state index < -0.39 is 0 Å². The van der Waals surface area contributed by atoms with E-state index in [1.807, 2.05) is 31.2 Å². The van der Waals surface area contributed by atoms with Crippen molar-refractivity contribution in [1.29, 1.82) is 0 Å². The predicted octanol–water partition coefficient (Wildman–Crippen LogP) is 3.28. The maximum absolute atomic E-state index is 5.90. The Bertz CT molecular complexity index is 376. The van der Waals surface area contributed by atoms with Gasteiger partial charge in [0.2, 0.25) is 0 Å². The molecule has 0 aliphatic carbocycles. The van der Waals surface area contributed by atoms with Crippen molar-refractivity contribution >= 4 is 11.3 Å². The van der Waals surface area contributed by atoms with Crippen LogP contribution in [0.4, 0.5) is 5.69 Å². The molecule has 0 spiro atoms. The maximum Gasteiger partial charge on any atom is 0.0893 e. The van der Waals surface area contributed by atoms with Crippen molar-refractivity contribution in [2.45, 2.75) is 20.8 Å². The lowest BCUT2D eigenvalue weighted by Crippen LogP contribution is -2.01. The summed E-state index contributed by atoms with van der Waals surface area (Å²) >= 11 is 0. The van der Waals surface area contributed by atoms with Crippen LogP contribution in [0, 0.1) is 5.92 Å². The number of allylic oxidation sites excluding steroid dienone is 4. The molecule has 0 bridgehead atoms. The number of hydrogen-bond acceptors (Lipinski definition) is 2. The molecule has 80 valence electrons. The summed E-state index contributed by atoms with van der Waals surface area (Å²) in [6, 6.07) is 3.74. The van der Waals surface area contributed by atoms with Crippen LogP contribution in [0.5, 0.6) is 0 Å². The molecule has 0 aliphatic rings. The van der Waals surface area contributed by atoms with Crippen LogP contribution in [0.2, 0.25) is 0 Å². The van der Waals surface area contributed by atoms with Gasteiger partial charge in [0.25, 0.3) is 0 Å². The molecule has 0 fully saturated rings. The zero-order valence-electron chi connectivity index (χ0n) is 9.57. The van der Waals surface area contributed by atoms with Gasteiger partial charge in [0.15, 0.2) is 0 Å². The summed E-state index contributed by atoms with van der Waals surface area (Å²) in [5.74, 6) is 0.415. The molecule has 1 heterocycles. The first-order chi connectivity index (χ1) is 7.16. The summed E-state index contributed by atoms with van der Waals surface area (Å²) in [5, 5.41) is 0. The molecule has 1 rings (SSSR count). The van der Waals surface area contributed by atoms with E-state index in [4.69, 9.17) is 5.73 Å². The lowest BCUT2D eigenvalue weighted by atomic mass is 9.98. The zero-order chi connectivity index (χ0) is 11.3. The summed E-state index contributed by atoms with van der Waals surface area (Å²) in [5.41, 5.74) is 8.71. The van der Waals surface area contributed by atoms with E-state index in [9.17, 15) is 0 Å². The predicted molar refractivity (Wildman–Crippen MR) is 66.3 cm³/mol. The Labute approximate surface area is 91.5 Å². The minimum absolute atomic E-state index is 0.415. The van der Waals surface area contributed by atoms with Gasteiger partial charge in [-0.3, -0.25) is 4.98 Å². The van der Waals surface area contributed by atoms with Crippen LogP contribution in [0.25, 0.3) is 5.57 Å². The van der Waals surface area contributed by atoms with Crippen LogP contribution in [-0.2, 0) is 0 Å². The van der Waals surface area contributed by atoms with Gasteiger partial charge in [-0.25, -0.2) is 0 Å². The second-order valence-corrected chi connectivity index (χ2v) is 3.74. The van der Waals surface area contributed by atoms with Gasteiger partial charge >= 0.3 is 0 Å². The van der Waals surface area contributed by atoms with Crippen LogP contribution in [0.1, 0.15) is 26.5 Å². The summed E-state index contributed by atoms with van der Waals surface area (Å²) in [6.07, 6.45) is 7.87. The lowest BCUT2D eigenvalue weighted by molar-refractivity contribution is 0.849. The van der Waals surface area contributed by atoms with Crippen molar-refractivity contribution in [3.8, 4) is 0 Å². The monoisotopic (exact) mass is 202 g/mol. The number of pyridine rings is 1. The Morgan fingerprint density at radius 1 is 1.47 bits per heavy atom. The van der Waals surface area contributed by atoms with Crippen LogP contribution in [0.3, 0.4) is 0 Å². The normalized spacial score (nSPS) is 12.7. The van der Waals surface area contributed by atoms with Crippen molar-refractivity contribution in [3.63, 3.8) is 0 Å². The quantitative estimate of drug-likeness (QED) is 0.764. The van der Waals surface area contributed by atoms with Gasteiger partial charge in [0.05, 0.1) is 11.4 Å². The highest BCUT2D eigenvalue weighted by Gasteiger charge is 2.09. The van der Waals surface area contributed by atoms with Crippen LogP contribution in [-0.4, -0.2) is 4.98 Å². The van der Waals surface area contributed by atoms with Crippen molar-refractivity contribution < 1.29 is 0 Å². The standard InChI is InChI=1S/C13H18N2/c1-4-5-7-11(10(2)3)13-12(14)8-6-9-15-13/h4-10H,14H2,1-3H3/b5-4-,11-7-. The number of anilines is 1. The molecular weight excluding hydrogens is 184 g/mol. The van der Waals surface area contributed by atoms with Crippen LogP contribution >= 0.6 is 0 Å². The number of hydrogen-bond donors (Lipinski definition) is 1. The third-order valence-electron chi connectivity index (χ3n) is 2.20. The van der Waals surface area contributed by atoms with E-state index >= 15 is 0 Å². The SMILES string of the molecule is C/C=C\C=C(/c1ncccc1N)C(C)C. The molecule has 1 aromatic heterocycles. The van der Waals surface area contributed by atoms with E-state index in [-0.39, 0.29) is 0 Å². The molecule has 2 N–H and O–H groups in total. The average molecular weight is 202 g/mol. The van der Waals surface area contributed by atoms with Crippen molar-refractivity contribution in [2.24, 2.45) is 5.92 Å². The molecule has 0 saturated carbocycles. The first-order valence-corrected chi connectivity index (χ1v) is 5.20. The van der Waals surface area contributed by atoms with Gasteiger partial charge in [0.1, 0.15) is 0 Å². The number of nitrogens with two attached hydrogens (primary N) is 1. The number of rotatable bonds is 3. The summed E-state index contributed by atoms with van der Waals surface area (Å²) < 4.78 is 0. The molecule has 2 nitrogen and oxygen atoms in total. The topological polar surface area (TPSA) is 38.9 Å². The minimum Gasteiger partial charge on any atom is -0.397 e. The van der Waals surface area contributed by atoms with E-state index in [0.717, 1.165) is 11.4 Å². The largest absolute Gasteiger partial charge is 0.397 e. The third-order valence-corrected chi connectivity index (χ3v) is 2.20. The highest BCUT2D eigenvalue weighted by Crippen LogP contribution is 2.25. The van der Waals surface area contributed by atoms with Crippen molar-refractivity contribution in [2.75, 3.05) is 5.73 Å². The fourth-order valence-electron chi connectivity index (χ4n) is 1.40. The number of aromatic nitrogens is 1. The summed E-state index contributed by atoms with van der Waals surface area (Å²) in [4.78, 5) is 4.33. The van der Waals surface area contributed by atoms with Gasteiger partial charge in [0, 0.05) is 6.20 Å². The Morgan fingerprint density at radius 2 is 2.20 bits per heavy atom. The smallest absolute Gasteiger partial charge is 0.0893 e. The molecule has 0 amide bonds.